The molecule has 2 rings (SSSR count). The van der Waals surface area contributed by atoms with Gasteiger partial charge in [-0.25, -0.2) is 4.79 Å². The van der Waals surface area contributed by atoms with E-state index in [0.717, 1.165) is 19.4 Å². The molecule has 0 radical (unpaired) electrons. The van der Waals surface area contributed by atoms with E-state index in [0.29, 0.717) is 0 Å². The molecule has 0 saturated carbocycles. The molecule has 0 aromatic heterocycles. The summed E-state index contributed by atoms with van der Waals surface area (Å²) in [4.78, 5) is 14.2. The lowest BCUT2D eigenvalue weighted by atomic mass is 10.0. The minimum atomic E-state index is -0.180. The fraction of sp³-hybridized carbons (Fsp3) is 0.533. The van der Waals surface area contributed by atoms with Crippen molar-refractivity contribution in [1.29, 1.82) is 0 Å². The SMILES string of the molecule is CC(C)(C)NC(=O)N1CCCC1c1ccccc1. The smallest absolute Gasteiger partial charge is 0.318 e. The summed E-state index contributed by atoms with van der Waals surface area (Å²) in [5, 5.41) is 3.05. The van der Waals surface area contributed by atoms with Gasteiger partial charge in [0.1, 0.15) is 0 Å². The van der Waals surface area contributed by atoms with Crippen molar-refractivity contribution in [2.45, 2.75) is 45.2 Å². The lowest BCUT2D eigenvalue weighted by molar-refractivity contribution is 0.184. The Labute approximate surface area is 109 Å². The molecular formula is C15H22N2O. The van der Waals surface area contributed by atoms with E-state index < -0.39 is 0 Å². The number of likely N-dealkylation sites (tertiary alicyclic amines) is 1. The monoisotopic (exact) mass is 246 g/mol. The Morgan fingerprint density at radius 3 is 2.56 bits per heavy atom. The Kier molecular flexibility index (Phi) is 3.60. The second-order valence-corrected chi connectivity index (χ2v) is 5.94. The van der Waals surface area contributed by atoms with Gasteiger partial charge >= 0.3 is 6.03 Å². The first-order valence-corrected chi connectivity index (χ1v) is 6.61. The number of nitrogens with zero attached hydrogens (tertiary/aromatic N) is 1. The highest BCUT2D eigenvalue weighted by Gasteiger charge is 2.31. The van der Waals surface area contributed by atoms with Gasteiger partial charge in [-0.1, -0.05) is 30.3 Å². The van der Waals surface area contributed by atoms with Crippen molar-refractivity contribution in [3.05, 3.63) is 35.9 Å². The molecule has 1 aliphatic heterocycles. The number of urea groups is 1. The summed E-state index contributed by atoms with van der Waals surface area (Å²) >= 11 is 0. The Balaban J connectivity index is 2.11. The fourth-order valence-corrected chi connectivity index (χ4v) is 2.42. The summed E-state index contributed by atoms with van der Waals surface area (Å²) in [6, 6.07) is 10.6. The van der Waals surface area contributed by atoms with Crippen LogP contribution in [-0.4, -0.2) is 23.0 Å². The van der Waals surface area contributed by atoms with Gasteiger partial charge in [0, 0.05) is 12.1 Å². The van der Waals surface area contributed by atoms with E-state index in [1.807, 2.05) is 43.9 Å². The molecule has 18 heavy (non-hydrogen) atoms. The lowest BCUT2D eigenvalue weighted by Crippen LogP contribution is -2.48. The highest BCUT2D eigenvalue weighted by atomic mass is 16.2. The summed E-state index contributed by atoms with van der Waals surface area (Å²) in [7, 11) is 0. The van der Waals surface area contributed by atoms with Crippen LogP contribution in [0.4, 0.5) is 4.79 Å². The van der Waals surface area contributed by atoms with Crippen molar-refractivity contribution in [3.8, 4) is 0 Å². The second-order valence-electron chi connectivity index (χ2n) is 5.94. The standard InChI is InChI=1S/C15H22N2O/c1-15(2,3)16-14(18)17-11-7-10-13(17)12-8-5-4-6-9-12/h4-6,8-9,13H,7,10-11H2,1-3H3,(H,16,18). The summed E-state index contributed by atoms with van der Waals surface area (Å²) < 4.78 is 0. The van der Waals surface area contributed by atoms with Crippen molar-refractivity contribution in [2.24, 2.45) is 0 Å². The molecule has 0 bridgehead atoms. The molecule has 0 spiro atoms. The Hall–Kier alpha value is -1.51. The molecule has 3 heteroatoms. The summed E-state index contributed by atoms with van der Waals surface area (Å²) in [5.41, 5.74) is 1.06. The third kappa shape index (κ3) is 3.03. The number of hydrogen-bond donors (Lipinski definition) is 1. The van der Waals surface area contributed by atoms with Crippen LogP contribution in [0.15, 0.2) is 30.3 Å². The molecule has 1 fully saturated rings. The van der Waals surface area contributed by atoms with Crippen LogP contribution in [0.25, 0.3) is 0 Å². The van der Waals surface area contributed by atoms with Gasteiger partial charge in [-0.2, -0.15) is 0 Å². The molecule has 1 heterocycles. The molecule has 0 aliphatic carbocycles. The van der Waals surface area contributed by atoms with Gasteiger partial charge in [-0.05, 0) is 39.2 Å². The average Bonchev–Trinajstić information content (AvgIpc) is 2.76. The molecule has 1 N–H and O–H groups in total. The van der Waals surface area contributed by atoms with Crippen LogP contribution in [-0.2, 0) is 0 Å². The number of carbonyl (C=O) groups excluding carboxylic acids is 1. The molecule has 1 aromatic rings. The van der Waals surface area contributed by atoms with Crippen LogP contribution in [0.2, 0.25) is 0 Å². The van der Waals surface area contributed by atoms with Gasteiger partial charge in [-0.15, -0.1) is 0 Å². The number of hydrogen-bond acceptors (Lipinski definition) is 1. The van der Waals surface area contributed by atoms with Crippen LogP contribution in [0.3, 0.4) is 0 Å². The number of nitrogens with one attached hydrogen (secondary N) is 1. The molecule has 1 aromatic carbocycles. The predicted molar refractivity (Wildman–Crippen MR) is 73.4 cm³/mol. The first kappa shape index (κ1) is 12.9. The second kappa shape index (κ2) is 5.01. The van der Waals surface area contributed by atoms with E-state index in [9.17, 15) is 4.79 Å². The maximum absolute atomic E-state index is 12.3. The first-order valence-electron chi connectivity index (χ1n) is 6.61. The summed E-state index contributed by atoms with van der Waals surface area (Å²) in [6.45, 7) is 6.89. The Morgan fingerprint density at radius 2 is 1.94 bits per heavy atom. The van der Waals surface area contributed by atoms with Gasteiger partial charge in [0.15, 0.2) is 0 Å². The first-order chi connectivity index (χ1) is 8.47. The van der Waals surface area contributed by atoms with E-state index in [4.69, 9.17) is 0 Å². The van der Waals surface area contributed by atoms with E-state index in [2.05, 4.69) is 17.4 Å². The van der Waals surface area contributed by atoms with Crippen LogP contribution >= 0.6 is 0 Å². The van der Waals surface area contributed by atoms with E-state index in [1.54, 1.807) is 0 Å². The molecular weight excluding hydrogens is 224 g/mol. The molecule has 2 amide bonds. The minimum absolute atomic E-state index is 0.0499. The molecule has 1 aliphatic rings. The zero-order chi connectivity index (χ0) is 13.2. The van der Waals surface area contributed by atoms with Crippen molar-refractivity contribution < 1.29 is 4.79 Å². The average molecular weight is 246 g/mol. The van der Waals surface area contributed by atoms with Crippen LogP contribution in [0, 0.1) is 0 Å². The largest absolute Gasteiger partial charge is 0.333 e. The highest BCUT2D eigenvalue weighted by molar-refractivity contribution is 5.75. The summed E-state index contributed by atoms with van der Waals surface area (Å²) in [6.07, 6.45) is 2.14. The lowest BCUT2D eigenvalue weighted by Gasteiger charge is -2.29. The molecule has 98 valence electrons. The number of benzene rings is 1. The van der Waals surface area contributed by atoms with E-state index in [-0.39, 0.29) is 17.6 Å². The van der Waals surface area contributed by atoms with Crippen LogP contribution in [0.5, 0.6) is 0 Å². The molecule has 1 unspecified atom stereocenters. The maximum atomic E-state index is 12.3. The zero-order valence-corrected chi connectivity index (χ0v) is 11.4. The van der Waals surface area contributed by atoms with Crippen LogP contribution in [0.1, 0.15) is 45.2 Å². The van der Waals surface area contributed by atoms with Gasteiger partial charge in [0.05, 0.1) is 6.04 Å². The fourth-order valence-electron chi connectivity index (χ4n) is 2.42. The third-order valence-corrected chi connectivity index (χ3v) is 3.18. The summed E-state index contributed by atoms with van der Waals surface area (Å²) in [5.74, 6) is 0. The van der Waals surface area contributed by atoms with Crippen LogP contribution < -0.4 is 5.32 Å². The molecule has 1 atom stereocenters. The highest BCUT2D eigenvalue weighted by Crippen LogP contribution is 2.31. The molecule has 1 saturated heterocycles. The van der Waals surface area contributed by atoms with Gasteiger partial charge < -0.3 is 10.2 Å². The van der Waals surface area contributed by atoms with Crippen molar-refractivity contribution in [1.82, 2.24) is 10.2 Å². The Bertz CT molecular complexity index is 408. The maximum Gasteiger partial charge on any atom is 0.318 e. The van der Waals surface area contributed by atoms with E-state index >= 15 is 0 Å². The van der Waals surface area contributed by atoms with Crippen molar-refractivity contribution >= 4 is 6.03 Å². The van der Waals surface area contributed by atoms with Crippen molar-refractivity contribution in [2.75, 3.05) is 6.54 Å². The minimum Gasteiger partial charge on any atom is -0.333 e. The predicted octanol–water partition coefficient (Wildman–Crippen LogP) is 3.33. The van der Waals surface area contributed by atoms with Gasteiger partial charge in [0.2, 0.25) is 0 Å². The number of carbonyl (C=O) groups is 1. The number of rotatable bonds is 1. The zero-order valence-electron chi connectivity index (χ0n) is 11.4. The van der Waals surface area contributed by atoms with Gasteiger partial charge in [-0.3, -0.25) is 0 Å². The normalized spacial score (nSPS) is 19.9. The van der Waals surface area contributed by atoms with Crippen molar-refractivity contribution in [3.63, 3.8) is 0 Å². The molecule has 3 nitrogen and oxygen atoms in total. The quantitative estimate of drug-likeness (QED) is 0.810. The Morgan fingerprint density at radius 1 is 1.28 bits per heavy atom. The number of amides is 2. The van der Waals surface area contributed by atoms with E-state index in [1.165, 1.54) is 5.56 Å². The topological polar surface area (TPSA) is 32.3 Å². The third-order valence-electron chi connectivity index (χ3n) is 3.18. The van der Waals surface area contributed by atoms with Gasteiger partial charge in [0.25, 0.3) is 0 Å².